The molecule has 0 saturated heterocycles. The second-order valence-electron chi connectivity index (χ2n) is 30.7. The van der Waals surface area contributed by atoms with Crippen molar-refractivity contribution in [2.75, 3.05) is 33.4 Å². The second-order valence-corrected chi connectivity index (χ2v) is 31.6. The van der Waals surface area contributed by atoms with Gasteiger partial charge in [0.05, 0.1) is 47.4 Å². The SMILES string of the molecule is CC1(F)Oc2cccc(C(=O)Nc3ccc(-c4cc5c(cc4Br)OCO5)cn3)c2O1.Cc1cc2c(cc1-c1ccc(NC(=O)c3c(F)cccc3F)nc1)OC(F)(F)O2.Cc1cccnc1COC(=O)Nc1ccc(-c2cccc3c2OC(F)(F)O3)cn1.O=C(Nc1cnc(-c2cccc3c2OC(F)(F)O3)cn1)OCc1ccccc1F.O=C(Nc1cnc(-c2cccc3c2OC(F)(F)O3)cn1)c1c(F)cccc1F. The number of hydrogen-bond acceptors (Lipinski definition) is 27. The van der Waals surface area contributed by atoms with Gasteiger partial charge in [-0.05, 0) is 170 Å². The Morgan fingerprint density at radius 2 is 0.745 bits per heavy atom. The highest BCUT2D eigenvalue weighted by molar-refractivity contribution is 9.10. The number of aryl methyl sites for hydroxylation is 2. The molecule has 12 heterocycles. The Hall–Kier alpha value is -18.2. The maximum atomic E-state index is 14.0. The van der Waals surface area contributed by atoms with Crippen LogP contribution < -0.4 is 83.4 Å². The highest BCUT2D eigenvalue weighted by Gasteiger charge is 2.49. The molecule has 145 heavy (non-hydrogen) atoms. The van der Waals surface area contributed by atoms with Crippen LogP contribution in [0.2, 0.25) is 0 Å². The summed E-state index contributed by atoms with van der Waals surface area (Å²) in [6.07, 6.45) is -5.68. The molecule has 738 valence electrons. The molecule has 15 aromatic rings. The number of para-hydroxylation sites is 4. The fourth-order valence-electron chi connectivity index (χ4n) is 14.1. The van der Waals surface area contributed by atoms with Gasteiger partial charge in [-0.2, -0.15) is 4.39 Å². The number of nitrogens with one attached hydrogen (secondary N) is 5. The summed E-state index contributed by atoms with van der Waals surface area (Å²) in [5, 5.41) is 12.1. The predicted octanol–water partition coefficient (Wildman–Crippen LogP) is 22.7. The number of carbonyl (C=O) groups is 5. The van der Waals surface area contributed by atoms with Crippen molar-refractivity contribution in [3.05, 3.63) is 328 Å². The van der Waals surface area contributed by atoms with Crippen LogP contribution in [0.15, 0.2) is 260 Å². The van der Waals surface area contributed by atoms with Crippen molar-refractivity contribution >= 4 is 74.9 Å². The molecule has 1 unspecified atom stereocenters. The lowest BCUT2D eigenvalue weighted by molar-refractivity contribution is -0.287. The van der Waals surface area contributed by atoms with E-state index >= 15 is 0 Å². The van der Waals surface area contributed by atoms with Crippen molar-refractivity contribution in [3.63, 3.8) is 0 Å². The number of carbonyl (C=O) groups excluding carboxylic acids is 5. The van der Waals surface area contributed by atoms with Crippen molar-refractivity contribution in [2.24, 2.45) is 0 Å². The maximum absolute atomic E-state index is 14.0. The molecule has 32 nitrogen and oxygen atoms in total. The first kappa shape index (κ1) is 98.4. The van der Waals surface area contributed by atoms with Gasteiger partial charge in [-0.25, -0.2) is 56.5 Å². The highest BCUT2D eigenvalue weighted by Crippen LogP contribution is 2.52. The molecule has 0 aliphatic carbocycles. The van der Waals surface area contributed by atoms with Crippen LogP contribution >= 0.6 is 15.9 Å². The molecule has 47 heteroatoms. The Morgan fingerprint density at radius 3 is 1.26 bits per heavy atom. The van der Waals surface area contributed by atoms with Gasteiger partial charge in [-0.3, -0.25) is 40.0 Å². The first-order valence-electron chi connectivity index (χ1n) is 42.0. The summed E-state index contributed by atoms with van der Waals surface area (Å²) in [6.45, 7) is 4.65. The van der Waals surface area contributed by atoms with Crippen LogP contribution in [0.3, 0.4) is 0 Å². The Morgan fingerprint density at radius 1 is 0.338 bits per heavy atom. The van der Waals surface area contributed by atoms with Crippen LogP contribution in [0.5, 0.6) is 69.0 Å². The molecule has 6 aromatic heterocycles. The lowest BCUT2D eigenvalue weighted by Crippen LogP contribution is -2.28. The van der Waals surface area contributed by atoms with Crippen LogP contribution in [0.4, 0.5) is 100 Å². The summed E-state index contributed by atoms with van der Waals surface area (Å²) in [4.78, 5) is 93.3. The standard InChI is InChI=1S/C21H14BrFN2O5.C20H12F4N2O3.C20H15F2N3O4.C19H12F3N3O4.C18H9F4N3O3/c1-21(23)29-15-4-2-3-12(19(15)30-21)20(26)25-18-6-5-11(9-24-18)13-7-16-17(8-14(13)22)28-10-27-16;1-10-7-15-16(29-20(23,24)28-15)8-12(10)11-5-6-17(25-9-11)26-19(27)18-13(21)3-2-4-14(18)22;1-12-4-3-9-23-15(12)11-27-19(26)25-17-8-7-13(10-24-17)14-5-2-6-16-18(14)29-20(21,22)28-16;20-13-6-2-1-4-11(13)10-27-18(26)25-16-9-23-14(8-24-16)12-5-3-7-15-17(12)29-19(21,22)28-15;19-10-4-2-5-11(20)15(10)17(26)25-14-8-23-12(7-24-14)9-3-1-6-13-16(9)28-18(21,22)27-13/h2-9H,10H2,1H3,(H,24,25,26);2-9H,1H3,(H,25,26,27);2-10H,11H2,1H3,(H,24,25,26);1-9H,10H2,(H,24,25,26);1-8H,(H,24,25,26). The molecule has 21 rings (SSSR count). The highest BCUT2D eigenvalue weighted by atomic mass is 79.9. The normalized spacial score (nSPS) is 14.8. The number of aromatic nitrogens is 8. The van der Waals surface area contributed by atoms with Crippen LogP contribution in [-0.2, 0) is 22.7 Å². The molecular weight excluding hydrogens is 2010 g/mol. The maximum Gasteiger partial charge on any atom is 0.586 e. The zero-order valence-electron chi connectivity index (χ0n) is 73.9. The average molecular weight is 2070 g/mol. The second kappa shape index (κ2) is 40.9. The zero-order valence-corrected chi connectivity index (χ0v) is 75.5. The Kier molecular flexibility index (Phi) is 27.8. The van der Waals surface area contributed by atoms with E-state index in [9.17, 15) is 85.4 Å². The van der Waals surface area contributed by atoms with Crippen LogP contribution in [0.1, 0.15) is 60.4 Å². The van der Waals surface area contributed by atoms with E-state index in [-0.39, 0.29) is 134 Å². The molecule has 0 saturated carbocycles. The number of hydrogen-bond donors (Lipinski definition) is 5. The summed E-state index contributed by atoms with van der Waals surface area (Å²) in [6, 6.07) is 47.3. The fourth-order valence-corrected chi connectivity index (χ4v) is 14.7. The van der Waals surface area contributed by atoms with Gasteiger partial charge in [0.1, 0.15) is 70.9 Å². The lowest BCUT2D eigenvalue weighted by Gasteiger charge is -2.11. The van der Waals surface area contributed by atoms with Crippen molar-refractivity contribution in [1.29, 1.82) is 0 Å². The number of benzene rings is 9. The number of anilines is 5. The van der Waals surface area contributed by atoms with Crippen molar-refractivity contribution in [3.8, 4) is 125 Å². The Bertz CT molecular complexity index is 7310. The minimum absolute atomic E-state index is 0.0261. The molecule has 9 aromatic carbocycles. The van der Waals surface area contributed by atoms with E-state index in [0.717, 1.165) is 70.7 Å². The fraction of sp³-hybridized carbons (Fsp3) is 0.112. The van der Waals surface area contributed by atoms with Crippen LogP contribution in [0.25, 0.3) is 55.9 Å². The molecule has 0 spiro atoms. The Balaban J connectivity index is 0.000000124. The van der Waals surface area contributed by atoms with Gasteiger partial charge in [0.25, 0.3) is 17.7 Å². The summed E-state index contributed by atoms with van der Waals surface area (Å²) >= 11 is 3.52. The minimum atomic E-state index is -3.79. The summed E-state index contributed by atoms with van der Waals surface area (Å²) in [7, 11) is 0. The van der Waals surface area contributed by atoms with E-state index in [0.29, 0.717) is 50.8 Å². The van der Waals surface area contributed by atoms with Gasteiger partial charge in [0, 0.05) is 80.7 Å². The average Bonchev–Trinajstić information content (AvgIpc) is 1.65. The van der Waals surface area contributed by atoms with Gasteiger partial charge < -0.3 is 82.3 Å². The quantitative estimate of drug-likeness (QED) is 0.0529. The molecule has 0 fully saturated rings. The monoisotopic (exact) mass is 2070 g/mol. The van der Waals surface area contributed by atoms with Crippen LogP contribution in [0, 0.1) is 42.9 Å². The third-order valence-electron chi connectivity index (χ3n) is 20.7. The predicted molar refractivity (Wildman–Crippen MR) is 484 cm³/mol. The minimum Gasteiger partial charge on any atom is -0.454 e. The topological polar surface area (TPSA) is 378 Å². The third kappa shape index (κ3) is 23.3. The van der Waals surface area contributed by atoms with Gasteiger partial charge >= 0.3 is 43.4 Å². The van der Waals surface area contributed by atoms with Gasteiger partial charge in [0.15, 0.2) is 80.6 Å². The number of ether oxygens (including phenoxy) is 14. The van der Waals surface area contributed by atoms with E-state index in [1.807, 2.05) is 31.2 Å². The molecule has 0 bridgehead atoms. The van der Waals surface area contributed by atoms with Crippen molar-refractivity contribution in [2.45, 2.75) is 65.2 Å². The number of rotatable bonds is 17. The smallest absolute Gasteiger partial charge is 0.454 e. The first-order valence-corrected chi connectivity index (χ1v) is 42.8. The molecule has 0 radical (unpaired) electrons. The van der Waals surface area contributed by atoms with E-state index in [4.69, 9.17) is 28.4 Å². The molecule has 5 amide bonds. The van der Waals surface area contributed by atoms with E-state index in [1.165, 1.54) is 128 Å². The van der Waals surface area contributed by atoms with E-state index in [1.54, 1.807) is 67.8 Å². The van der Waals surface area contributed by atoms with Crippen molar-refractivity contribution in [1.82, 2.24) is 39.9 Å². The lowest BCUT2D eigenvalue weighted by atomic mass is 10.0. The molecular formula is C98H62BrF14N13O19. The Labute approximate surface area is 814 Å². The summed E-state index contributed by atoms with van der Waals surface area (Å²) < 4.78 is 256. The summed E-state index contributed by atoms with van der Waals surface area (Å²) in [5.74, 6) is -5.81. The largest absolute Gasteiger partial charge is 0.586 e. The summed E-state index contributed by atoms with van der Waals surface area (Å²) in [5.41, 5.74) is 5.67. The van der Waals surface area contributed by atoms with E-state index < -0.39 is 101 Å². The van der Waals surface area contributed by atoms with Crippen molar-refractivity contribution < 1.29 is 152 Å². The molecule has 6 aliphatic heterocycles. The molecule has 1 atom stereocenters. The zero-order chi connectivity index (χ0) is 102. The number of alkyl halides is 9. The first-order chi connectivity index (χ1) is 69.3. The number of nitrogens with zero attached hydrogens (tertiary/aromatic N) is 8. The van der Waals surface area contributed by atoms with E-state index in [2.05, 4.69) is 120 Å². The van der Waals surface area contributed by atoms with Crippen LogP contribution in [-0.4, -0.2) is 108 Å². The number of pyridine rings is 4. The number of amides is 5. The third-order valence-corrected chi connectivity index (χ3v) is 21.4. The number of halogens is 15. The number of fused-ring (bicyclic) bond motifs is 6. The van der Waals surface area contributed by atoms with Gasteiger partial charge in [0.2, 0.25) is 6.79 Å². The van der Waals surface area contributed by atoms with Gasteiger partial charge in [-0.1, -0.05) is 82.7 Å². The molecule has 6 aliphatic rings. The molecule has 5 N–H and O–H groups in total. The van der Waals surface area contributed by atoms with Gasteiger partial charge in [-0.15, -0.1) is 35.1 Å².